The molecule has 0 spiro atoms. The standard InChI is InChI=1S/C20H16FN3O2/c1-2-11-23(12-15-7-9-16(21)10-8-15)19(25)13-24-14-22-18-6-4-3-5-17(18)20(24)26/h1,3-10,14H,11-13H2. The van der Waals surface area contributed by atoms with Crippen molar-refractivity contribution in [2.75, 3.05) is 6.54 Å². The lowest BCUT2D eigenvalue weighted by molar-refractivity contribution is -0.131. The van der Waals surface area contributed by atoms with Crippen molar-refractivity contribution in [1.29, 1.82) is 0 Å². The minimum atomic E-state index is -0.350. The van der Waals surface area contributed by atoms with Crippen LogP contribution in [0.5, 0.6) is 0 Å². The third-order valence-electron chi connectivity index (χ3n) is 3.96. The van der Waals surface area contributed by atoms with Gasteiger partial charge in [0.05, 0.1) is 23.8 Å². The summed E-state index contributed by atoms with van der Waals surface area (Å²) >= 11 is 0. The summed E-state index contributed by atoms with van der Waals surface area (Å²) in [5.41, 5.74) is 1.04. The SMILES string of the molecule is C#CCN(Cc1ccc(F)cc1)C(=O)Cn1cnc2ccccc2c1=O. The van der Waals surface area contributed by atoms with E-state index in [9.17, 15) is 14.0 Å². The highest BCUT2D eigenvalue weighted by Gasteiger charge is 2.15. The van der Waals surface area contributed by atoms with Gasteiger partial charge in [-0.25, -0.2) is 9.37 Å². The molecule has 3 aromatic rings. The molecule has 0 aliphatic rings. The molecule has 0 unspecified atom stereocenters. The summed E-state index contributed by atoms with van der Waals surface area (Å²) in [6.07, 6.45) is 6.71. The van der Waals surface area contributed by atoms with Gasteiger partial charge in [0, 0.05) is 6.54 Å². The molecular weight excluding hydrogens is 333 g/mol. The summed E-state index contributed by atoms with van der Waals surface area (Å²) in [5, 5.41) is 0.449. The zero-order chi connectivity index (χ0) is 18.5. The van der Waals surface area contributed by atoms with Crippen molar-refractivity contribution < 1.29 is 9.18 Å². The number of fused-ring (bicyclic) bond motifs is 1. The second-order valence-electron chi connectivity index (χ2n) is 5.78. The van der Waals surface area contributed by atoms with E-state index in [-0.39, 0.29) is 36.9 Å². The lowest BCUT2D eigenvalue weighted by atomic mass is 10.2. The summed E-state index contributed by atoms with van der Waals surface area (Å²) in [7, 11) is 0. The summed E-state index contributed by atoms with van der Waals surface area (Å²) < 4.78 is 14.3. The average molecular weight is 349 g/mol. The molecule has 0 aliphatic heterocycles. The van der Waals surface area contributed by atoms with Crippen LogP contribution in [0.1, 0.15) is 5.56 Å². The van der Waals surface area contributed by atoms with Crippen LogP contribution in [0.25, 0.3) is 10.9 Å². The van der Waals surface area contributed by atoms with Crippen molar-refractivity contribution in [3.63, 3.8) is 0 Å². The fraction of sp³-hybridized carbons (Fsp3) is 0.150. The van der Waals surface area contributed by atoms with E-state index in [0.29, 0.717) is 10.9 Å². The van der Waals surface area contributed by atoms with Crippen molar-refractivity contribution in [2.24, 2.45) is 0 Å². The Labute approximate surface area is 149 Å². The molecule has 6 heteroatoms. The van der Waals surface area contributed by atoms with Crippen molar-refractivity contribution in [2.45, 2.75) is 13.1 Å². The van der Waals surface area contributed by atoms with Gasteiger partial charge < -0.3 is 4.90 Å². The highest BCUT2D eigenvalue weighted by atomic mass is 19.1. The van der Waals surface area contributed by atoms with Gasteiger partial charge in [-0.15, -0.1) is 6.42 Å². The number of benzene rings is 2. The van der Waals surface area contributed by atoms with Crippen LogP contribution in [0, 0.1) is 18.2 Å². The van der Waals surface area contributed by atoms with Crippen molar-refractivity contribution >= 4 is 16.8 Å². The first-order valence-electron chi connectivity index (χ1n) is 7.98. The molecule has 0 atom stereocenters. The number of nitrogens with zero attached hydrogens (tertiary/aromatic N) is 3. The Morgan fingerprint density at radius 3 is 2.65 bits per heavy atom. The predicted octanol–water partition coefficient (Wildman–Crippen LogP) is 2.20. The normalized spacial score (nSPS) is 10.5. The topological polar surface area (TPSA) is 55.2 Å². The fourth-order valence-corrected chi connectivity index (χ4v) is 2.62. The molecule has 0 N–H and O–H groups in total. The molecule has 26 heavy (non-hydrogen) atoms. The van der Waals surface area contributed by atoms with Crippen LogP contribution >= 0.6 is 0 Å². The summed E-state index contributed by atoms with van der Waals surface area (Å²) in [4.78, 5) is 30.8. The molecule has 1 heterocycles. The molecule has 0 radical (unpaired) electrons. The van der Waals surface area contributed by atoms with Crippen molar-refractivity contribution in [1.82, 2.24) is 14.5 Å². The van der Waals surface area contributed by atoms with Gasteiger partial charge in [-0.05, 0) is 29.8 Å². The minimum absolute atomic E-state index is 0.0893. The van der Waals surface area contributed by atoms with Crippen LogP contribution in [0.3, 0.4) is 0 Å². The van der Waals surface area contributed by atoms with Gasteiger partial charge in [-0.3, -0.25) is 14.2 Å². The molecule has 3 rings (SSSR count). The van der Waals surface area contributed by atoms with Crippen LogP contribution in [0.4, 0.5) is 4.39 Å². The van der Waals surface area contributed by atoms with Crippen molar-refractivity contribution in [3.8, 4) is 12.3 Å². The van der Waals surface area contributed by atoms with Crippen LogP contribution in [0.15, 0.2) is 59.7 Å². The molecule has 5 nitrogen and oxygen atoms in total. The van der Waals surface area contributed by atoms with E-state index in [0.717, 1.165) is 5.56 Å². The number of rotatable bonds is 5. The molecule has 1 aromatic heterocycles. The van der Waals surface area contributed by atoms with E-state index in [1.807, 2.05) is 0 Å². The Bertz CT molecular complexity index is 1040. The number of para-hydroxylation sites is 1. The monoisotopic (exact) mass is 349 g/mol. The van der Waals surface area contributed by atoms with Gasteiger partial charge in [0.25, 0.3) is 5.56 Å². The summed E-state index contributed by atoms with van der Waals surface area (Å²) in [6.45, 7) is 0.157. The molecule has 2 aromatic carbocycles. The second kappa shape index (κ2) is 7.62. The number of hydrogen-bond donors (Lipinski definition) is 0. The smallest absolute Gasteiger partial charge is 0.261 e. The van der Waals surface area contributed by atoms with E-state index in [4.69, 9.17) is 6.42 Å². The molecule has 0 saturated carbocycles. The molecule has 130 valence electrons. The van der Waals surface area contributed by atoms with Crippen LogP contribution in [-0.2, 0) is 17.9 Å². The Morgan fingerprint density at radius 1 is 1.19 bits per heavy atom. The molecule has 0 aliphatic carbocycles. The first kappa shape index (κ1) is 17.4. The van der Waals surface area contributed by atoms with E-state index >= 15 is 0 Å². The maximum atomic E-state index is 13.0. The lowest BCUT2D eigenvalue weighted by Crippen LogP contribution is -2.36. The maximum Gasteiger partial charge on any atom is 0.261 e. The zero-order valence-corrected chi connectivity index (χ0v) is 13.9. The second-order valence-corrected chi connectivity index (χ2v) is 5.78. The van der Waals surface area contributed by atoms with Gasteiger partial charge in [-0.1, -0.05) is 30.2 Å². The van der Waals surface area contributed by atoms with E-state index < -0.39 is 0 Å². The number of amides is 1. The number of carbonyl (C=O) groups is 1. The van der Waals surface area contributed by atoms with Gasteiger partial charge in [0.15, 0.2) is 0 Å². The Morgan fingerprint density at radius 2 is 1.92 bits per heavy atom. The Hall–Kier alpha value is -3.46. The number of aromatic nitrogens is 2. The third-order valence-corrected chi connectivity index (χ3v) is 3.96. The highest BCUT2D eigenvalue weighted by molar-refractivity contribution is 5.79. The van der Waals surface area contributed by atoms with Gasteiger partial charge >= 0.3 is 0 Å². The Balaban J connectivity index is 1.82. The Kier molecular flexibility index (Phi) is 5.09. The van der Waals surface area contributed by atoms with E-state index in [1.165, 1.54) is 27.9 Å². The van der Waals surface area contributed by atoms with Crippen LogP contribution in [0.2, 0.25) is 0 Å². The van der Waals surface area contributed by atoms with Gasteiger partial charge in [0.2, 0.25) is 5.91 Å². The number of terminal acetylenes is 1. The quantitative estimate of drug-likeness (QED) is 0.664. The van der Waals surface area contributed by atoms with Crippen LogP contribution in [-0.4, -0.2) is 26.9 Å². The maximum absolute atomic E-state index is 13.0. The minimum Gasteiger partial charge on any atom is -0.326 e. The average Bonchev–Trinajstić information content (AvgIpc) is 2.65. The molecular formula is C20H16FN3O2. The number of halogens is 1. The molecule has 0 bridgehead atoms. The predicted molar refractivity (Wildman–Crippen MR) is 96.7 cm³/mol. The molecule has 1 amide bonds. The summed E-state index contributed by atoms with van der Waals surface area (Å²) in [5.74, 6) is 1.78. The largest absolute Gasteiger partial charge is 0.326 e. The molecule has 0 fully saturated rings. The zero-order valence-electron chi connectivity index (χ0n) is 13.9. The van der Waals surface area contributed by atoms with Crippen molar-refractivity contribution in [3.05, 3.63) is 76.6 Å². The first-order valence-corrected chi connectivity index (χ1v) is 7.98. The van der Waals surface area contributed by atoms with Gasteiger partial charge in [-0.2, -0.15) is 0 Å². The lowest BCUT2D eigenvalue weighted by Gasteiger charge is -2.21. The van der Waals surface area contributed by atoms with Gasteiger partial charge in [0.1, 0.15) is 12.4 Å². The highest BCUT2D eigenvalue weighted by Crippen LogP contribution is 2.08. The number of carbonyl (C=O) groups excluding carboxylic acids is 1. The van der Waals surface area contributed by atoms with E-state index in [2.05, 4.69) is 10.9 Å². The molecule has 0 saturated heterocycles. The summed E-state index contributed by atoms with van der Waals surface area (Å²) in [6, 6.07) is 12.8. The van der Waals surface area contributed by atoms with Crippen LogP contribution < -0.4 is 5.56 Å². The fourth-order valence-electron chi connectivity index (χ4n) is 2.62. The van der Waals surface area contributed by atoms with E-state index in [1.54, 1.807) is 36.4 Å². The first-order chi connectivity index (χ1) is 12.6. The third kappa shape index (κ3) is 3.78. The number of hydrogen-bond acceptors (Lipinski definition) is 3.